The summed E-state index contributed by atoms with van der Waals surface area (Å²) in [5.74, 6) is -0.600. The summed E-state index contributed by atoms with van der Waals surface area (Å²) in [5, 5.41) is 11.0. The van der Waals surface area contributed by atoms with Gasteiger partial charge in [-0.3, -0.25) is 8.98 Å². The number of carboxylic acids is 1. The van der Waals surface area contributed by atoms with E-state index in [4.69, 9.17) is 9.84 Å². The Balaban J connectivity index is 0.000000321. The van der Waals surface area contributed by atoms with Crippen molar-refractivity contribution in [1.29, 1.82) is 0 Å². The van der Waals surface area contributed by atoms with Crippen molar-refractivity contribution in [2.75, 3.05) is 19.5 Å². The quantitative estimate of drug-likeness (QED) is 0.583. The lowest BCUT2D eigenvalue weighted by Gasteiger charge is -2.08. The smallest absolute Gasteiger partial charge is 0.310 e. The van der Waals surface area contributed by atoms with Crippen molar-refractivity contribution < 1.29 is 27.2 Å². The van der Waals surface area contributed by atoms with Crippen LogP contribution >= 0.6 is 0 Å². The van der Waals surface area contributed by atoms with Crippen LogP contribution in [0.25, 0.3) is 10.8 Å². The Morgan fingerprint density at radius 2 is 1.85 bits per heavy atom. The number of hydrogen-bond acceptors (Lipinski definition) is 5. The summed E-state index contributed by atoms with van der Waals surface area (Å²) < 4.78 is 30.6. The molecule has 0 bridgehead atoms. The second-order valence-electron chi connectivity index (χ2n) is 5.45. The summed E-state index contributed by atoms with van der Waals surface area (Å²) in [6.45, 7) is 6.77. The molecular formula is C19H24O6S. The first-order valence-corrected chi connectivity index (χ1v) is 9.60. The Labute approximate surface area is 154 Å². The fourth-order valence-electron chi connectivity index (χ4n) is 2.15. The van der Waals surface area contributed by atoms with E-state index in [9.17, 15) is 13.2 Å². The topological polar surface area (TPSA) is 89.9 Å². The van der Waals surface area contributed by atoms with Crippen LogP contribution in [0, 0.1) is 0 Å². The molecule has 6 nitrogen and oxygen atoms in total. The van der Waals surface area contributed by atoms with Gasteiger partial charge in [-0.15, -0.1) is 6.58 Å². The molecule has 0 amide bonds. The molecule has 0 aliphatic rings. The van der Waals surface area contributed by atoms with Gasteiger partial charge in [-0.2, -0.15) is 8.42 Å². The summed E-state index contributed by atoms with van der Waals surface area (Å²) in [6.07, 6.45) is 1.30. The zero-order valence-corrected chi connectivity index (χ0v) is 16.0. The maximum Gasteiger partial charge on any atom is 0.310 e. The number of rotatable bonds is 7. The first-order chi connectivity index (χ1) is 12.2. The molecule has 0 radical (unpaired) electrons. The van der Waals surface area contributed by atoms with Crippen molar-refractivity contribution >= 4 is 26.9 Å². The van der Waals surface area contributed by atoms with Gasteiger partial charge in [-0.25, -0.2) is 0 Å². The number of carbonyl (C=O) groups is 1. The Bertz CT molecular complexity index is 857. The molecule has 0 fully saturated rings. The number of fused-ring (bicyclic) bond motifs is 1. The Morgan fingerprint density at radius 1 is 1.23 bits per heavy atom. The fourth-order valence-corrected chi connectivity index (χ4v) is 2.90. The van der Waals surface area contributed by atoms with Gasteiger partial charge in [0.1, 0.15) is 5.75 Å². The Kier molecular flexibility index (Phi) is 8.28. The number of benzene rings is 2. The minimum atomic E-state index is -3.30. The molecule has 0 saturated heterocycles. The molecule has 0 aliphatic carbocycles. The van der Waals surface area contributed by atoms with Crippen LogP contribution in [0.15, 0.2) is 49.1 Å². The normalized spacial score (nSPS) is 12.0. The van der Waals surface area contributed by atoms with Crippen LogP contribution in [-0.2, 0) is 19.1 Å². The average Bonchev–Trinajstić information content (AvgIpc) is 2.60. The van der Waals surface area contributed by atoms with Gasteiger partial charge in [-0.1, -0.05) is 30.3 Å². The van der Waals surface area contributed by atoms with Gasteiger partial charge in [0, 0.05) is 0 Å². The molecule has 2 aromatic rings. The van der Waals surface area contributed by atoms with Gasteiger partial charge in [-0.05, 0) is 42.3 Å². The number of hydrogen-bond donors (Lipinski definition) is 1. The van der Waals surface area contributed by atoms with Gasteiger partial charge in [0.25, 0.3) is 10.1 Å². The minimum absolute atomic E-state index is 0.110. The van der Waals surface area contributed by atoms with Gasteiger partial charge in [0.05, 0.1) is 25.4 Å². The van der Waals surface area contributed by atoms with E-state index in [1.165, 1.54) is 6.08 Å². The Hall–Kier alpha value is -2.38. The van der Waals surface area contributed by atoms with Crippen LogP contribution in [0.1, 0.15) is 25.3 Å². The molecule has 0 heterocycles. The average molecular weight is 380 g/mol. The highest BCUT2D eigenvalue weighted by Gasteiger charge is 2.13. The largest absolute Gasteiger partial charge is 0.497 e. The lowest BCUT2D eigenvalue weighted by atomic mass is 9.98. The maximum atomic E-state index is 10.9. The number of ether oxygens (including phenoxy) is 1. The van der Waals surface area contributed by atoms with E-state index in [0.717, 1.165) is 22.1 Å². The van der Waals surface area contributed by atoms with E-state index in [1.54, 1.807) is 21.0 Å². The maximum absolute atomic E-state index is 10.9. The predicted octanol–water partition coefficient (Wildman–Crippen LogP) is 3.58. The molecule has 0 aliphatic heterocycles. The zero-order chi connectivity index (χ0) is 19.7. The summed E-state index contributed by atoms with van der Waals surface area (Å²) in [4.78, 5) is 10.9. The second-order valence-corrected chi connectivity index (χ2v) is 7.14. The first kappa shape index (κ1) is 21.7. The van der Waals surface area contributed by atoms with Crippen LogP contribution in [0.2, 0.25) is 0 Å². The van der Waals surface area contributed by atoms with E-state index < -0.39 is 22.0 Å². The third-order valence-corrected chi connectivity index (χ3v) is 4.80. The molecule has 142 valence electrons. The molecule has 1 unspecified atom stereocenters. The molecule has 26 heavy (non-hydrogen) atoms. The van der Waals surface area contributed by atoms with E-state index in [2.05, 4.69) is 10.8 Å². The molecule has 0 aromatic heterocycles. The van der Waals surface area contributed by atoms with Gasteiger partial charge < -0.3 is 9.84 Å². The zero-order valence-electron chi connectivity index (χ0n) is 15.1. The van der Waals surface area contributed by atoms with E-state index >= 15 is 0 Å². The molecule has 2 rings (SSSR count). The highest BCUT2D eigenvalue weighted by atomic mass is 32.2. The van der Waals surface area contributed by atoms with Crippen LogP contribution in [0.3, 0.4) is 0 Å². The van der Waals surface area contributed by atoms with Gasteiger partial charge in [0.15, 0.2) is 0 Å². The molecule has 0 saturated carbocycles. The van der Waals surface area contributed by atoms with Crippen molar-refractivity contribution in [2.45, 2.75) is 19.8 Å². The van der Waals surface area contributed by atoms with Gasteiger partial charge >= 0.3 is 5.97 Å². The third-order valence-electron chi connectivity index (χ3n) is 3.56. The van der Waals surface area contributed by atoms with E-state index in [-0.39, 0.29) is 12.4 Å². The van der Waals surface area contributed by atoms with Crippen molar-refractivity contribution in [3.63, 3.8) is 0 Å². The molecular weight excluding hydrogens is 356 g/mol. The van der Waals surface area contributed by atoms with E-state index in [1.807, 2.05) is 36.4 Å². The van der Waals surface area contributed by atoms with Crippen molar-refractivity contribution in [3.05, 3.63) is 54.6 Å². The van der Waals surface area contributed by atoms with Crippen molar-refractivity contribution in [2.24, 2.45) is 0 Å². The number of methoxy groups -OCH3 is 1. The van der Waals surface area contributed by atoms with Crippen LogP contribution < -0.4 is 4.74 Å². The standard InChI is InChI=1S/C14H14O3.C5H10O3S/c1-9(14(15)16)10-3-4-12-8-13(17-2)6-5-11(12)7-10;1-3-5-9(6,7)8-4-2/h3-9H,1-2H3,(H,15,16);3H,1,4-5H2,2H3. The van der Waals surface area contributed by atoms with E-state index in [0.29, 0.717) is 0 Å². The third kappa shape index (κ3) is 6.50. The number of aliphatic carboxylic acids is 1. The van der Waals surface area contributed by atoms with Crippen LogP contribution in [0.5, 0.6) is 5.75 Å². The lowest BCUT2D eigenvalue weighted by molar-refractivity contribution is -0.138. The fraction of sp³-hybridized carbons (Fsp3) is 0.316. The highest BCUT2D eigenvalue weighted by molar-refractivity contribution is 7.86. The predicted molar refractivity (Wildman–Crippen MR) is 102 cm³/mol. The number of carboxylic acid groups (broad SMARTS) is 1. The van der Waals surface area contributed by atoms with Gasteiger partial charge in [0.2, 0.25) is 0 Å². The molecule has 2 aromatic carbocycles. The first-order valence-electron chi connectivity index (χ1n) is 8.02. The summed E-state index contributed by atoms with van der Waals surface area (Å²) >= 11 is 0. The summed E-state index contributed by atoms with van der Waals surface area (Å²) in [5.41, 5.74) is 0.815. The molecule has 7 heteroatoms. The van der Waals surface area contributed by atoms with Crippen LogP contribution in [-0.4, -0.2) is 39.0 Å². The van der Waals surface area contributed by atoms with Crippen molar-refractivity contribution in [1.82, 2.24) is 0 Å². The highest BCUT2D eigenvalue weighted by Crippen LogP contribution is 2.25. The molecule has 0 spiro atoms. The van der Waals surface area contributed by atoms with Crippen molar-refractivity contribution in [3.8, 4) is 5.75 Å². The molecule has 1 atom stereocenters. The summed E-state index contributed by atoms with van der Waals surface area (Å²) in [6, 6.07) is 11.4. The molecule has 1 N–H and O–H groups in total. The Morgan fingerprint density at radius 3 is 2.38 bits per heavy atom. The second kappa shape index (κ2) is 9.94. The lowest BCUT2D eigenvalue weighted by Crippen LogP contribution is -2.07. The SMILES string of the molecule is C=CCS(=O)(=O)OCC.COc1ccc2cc(C(C)C(=O)O)ccc2c1. The summed E-state index contributed by atoms with van der Waals surface area (Å²) in [7, 11) is -1.67. The minimum Gasteiger partial charge on any atom is -0.497 e. The van der Waals surface area contributed by atoms with Crippen LogP contribution in [0.4, 0.5) is 0 Å². The monoisotopic (exact) mass is 380 g/mol.